The minimum atomic E-state index is -0.363. The molecule has 0 aromatic heterocycles. The first kappa shape index (κ1) is 13.4. The van der Waals surface area contributed by atoms with Gasteiger partial charge in [0.2, 0.25) is 0 Å². The SMILES string of the molecule is CCCOc1ccccc1C(O)C1CCCCC1. The van der Waals surface area contributed by atoms with E-state index in [9.17, 15) is 5.11 Å². The average Bonchev–Trinajstić information content (AvgIpc) is 2.45. The van der Waals surface area contributed by atoms with Crippen molar-refractivity contribution >= 4 is 0 Å². The van der Waals surface area contributed by atoms with Crippen molar-refractivity contribution in [3.8, 4) is 5.75 Å². The molecule has 0 radical (unpaired) electrons. The normalized spacial score (nSPS) is 18.6. The van der Waals surface area contributed by atoms with E-state index in [1.54, 1.807) is 0 Å². The molecule has 0 bridgehead atoms. The van der Waals surface area contributed by atoms with E-state index in [1.165, 1.54) is 19.3 Å². The molecule has 1 saturated carbocycles. The van der Waals surface area contributed by atoms with Gasteiger partial charge in [-0.3, -0.25) is 0 Å². The Balaban J connectivity index is 2.10. The van der Waals surface area contributed by atoms with Crippen LogP contribution in [0.2, 0.25) is 0 Å². The molecule has 2 nitrogen and oxygen atoms in total. The molecule has 1 unspecified atom stereocenters. The van der Waals surface area contributed by atoms with Crippen molar-refractivity contribution in [1.29, 1.82) is 0 Å². The zero-order valence-electron chi connectivity index (χ0n) is 11.3. The van der Waals surface area contributed by atoms with Gasteiger partial charge in [0.1, 0.15) is 5.75 Å². The molecular weight excluding hydrogens is 224 g/mol. The summed E-state index contributed by atoms with van der Waals surface area (Å²) in [5, 5.41) is 10.5. The third kappa shape index (κ3) is 3.26. The van der Waals surface area contributed by atoms with Gasteiger partial charge in [-0.15, -0.1) is 0 Å². The highest BCUT2D eigenvalue weighted by molar-refractivity contribution is 5.35. The number of hydrogen-bond acceptors (Lipinski definition) is 2. The van der Waals surface area contributed by atoms with Gasteiger partial charge < -0.3 is 9.84 Å². The Kier molecular flexibility index (Phi) is 5.06. The number of hydrogen-bond donors (Lipinski definition) is 1. The van der Waals surface area contributed by atoms with Crippen LogP contribution in [0.5, 0.6) is 5.75 Å². The maximum Gasteiger partial charge on any atom is 0.125 e. The Morgan fingerprint density at radius 1 is 1.22 bits per heavy atom. The molecule has 0 spiro atoms. The largest absolute Gasteiger partial charge is 0.493 e. The van der Waals surface area contributed by atoms with Crippen LogP contribution in [-0.4, -0.2) is 11.7 Å². The fourth-order valence-corrected chi connectivity index (χ4v) is 2.77. The summed E-state index contributed by atoms with van der Waals surface area (Å²) in [7, 11) is 0. The third-order valence-corrected chi connectivity index (χ3v) is 3.80. The number of aliphatic hydroxyl groups is 1. The number of aliphatic hydroxyl groups excluding tert-OH is 1. The third-order valence-electron chi connectivity index (χ3n) is 3.80. The quantitative estimate of drug-likeness (QED) is 0.850. The Bertz CT molecular complexity index is 356. The summed E-state index contributed by atoms with van der Waals surface area (Å²) in [6.45, 7) is 2.81. The number of ether oxygens (including phenoxy) is 1. The van der Waals surface area contributed by atoms with E-state index >= 15 is 0 Å². The molecule has 0 amide bonds. The fourth-order valence-electron chi connectivity index (χ4n) is 2.77. The summed E-state index contributed by atoms with van der Waals surface area (Å²) in [6, 6.07) is 7.93. The Labute approximate surface area is 110 Å². The van der Waals surface area contributed by atoms with Crippen molar-refractivity contribution in [2.45, 2.75) is 51.6 Å². The molecule has 1 fully saturated rings. The van der Waals surface area contributed by atoms with E-state index < -0.39 is 0 Å². The van der Waals surface area contributed by atoms with Crippen molar-refractivity contribution < 1.29 is 9.84 Å². The van der Waals surface area contributed by atoms with Crippen LogP contribution in [0.1, 0.15) is 57.1 Å². The summed E-state index contributed by atoms with van der Waals surface area (Å²) in [6.07, 6.45) is 6.73. The molecule has 100 valence electrons. The van der Waals surface area contributed by atoms with Crippen molar-refractivity contribution in [2.24, 2.45) is 5.92 Å². The van der Waals surface area contributed by atoms with E-state index in [4.69, 9.17) is 4.74 Å². The van der Waals surface area contributed by atoms with Crippen molar-refractivity contribution in [2.75, 3.05) is 6.61 Å². The predicted octanol–water partition coefficient (Wildman–Crippen LogP) is 4.09. The Morgan fingerprint density at radius 2 is 1.94 bits per heavy atom. The maximum atomic E-state index is 10.5. The van der Waals surface area contributed by atoms with E-state index in [0.717, 1.165) is 30.6 Å². The van der Waals surface area contributed by atoms with Crippen LogP contribution >= 0.6 is 0 Å². The van der Waals surface area contributed by atoms with Gasteiger partial charge in [-0.2, -0.15) is 0 Å². The van der Waals surface area contributed by atoms with Crippen LogP contribution in [0.15, 0.2) is 24.3 Å². The van der Waals surface area contributed by atoms with Gasteiger partial charge >= 0.3 is 0 Å². The van der Waals surface area contributed by atoms with Crippen LogP contribution in [0.4, 0.5) is 0 Å². The molecule has 0 saturated heterocycles. The highest BCUT2D eigenvalue weighted by Gasteiger charge is 2.25. The maximum absolute atomic E-state index is 10.5. The van der Waals surface area contributed by atoms with Gasteiger partial charge in [-0.1, -0.05) is 44.4 Å². The lowest BCUT2D eigenvalue weighted by molar-refractivity contribution is 0.0817. The highest BCUT2D eigenvalue weighted by atomic mass is 16.5. The first-order valence-electron chi connectivity index (χ1n) is 7.22. The molecule has 1 aromatic carbocycles. The summed E-state index contributed by atoms with van der Waals surface area (Å²) in [4.78, 5) is 0. The fraction of sp³-hybridized carbons (Fsp3) is 0.625. The van der Waals surface area contributed by atoms with Crippen LogP contribution < -0.4 is 4.74 Å². The molecule has 2 rings (SSSR count). The minimum Gasteiger partial charge on any atom is -0.493 e. The number of rotatable bonds is 5. The van der Waals surface area contributed by atoms with E-state index in [0.29, 0.717) is 12.5 Å². The molecule has 0 aliphatic heterocycles. The molecule has 1 atom stereocenters. The summed E-state index contributed by atoms with van der Waals surface area (Å²) in [5.41, 5.74) is 0.970. The predicted molar refractivity (Wildman–Crippen MR) is 73.8 cm³/mol. The molecular formula is C16H24O2. The van der Waals surface area contributed by atoms with Crippen LogP contribution in [0.25, 0.3) is 0 Å². The van der Waals surface area contributed by atoms with Gasteiger partial charge in [-0.05, 0) is 31.2 Å². The molecule has 1 aliphatic rings. The standard InChI is InChI=1S/C16H24O2/c1-2-12-18-15-11-7-6-10-14(15)16(17)13-8-4-3-5-9-13/h6-7,10-11,13,16-17H,2-5,8-9,12H2,1H3. The number of para-hydroxylation sites is 1. The Hall–Kier alpha value is -1.02. The van der Waals surface area contributed by atoms with Crippen molar-refractivity contribution in [3.63, 3.8) is 0 Å². The molecule has 0 heterocycles. The minimum absolute atomic E-state index is 0.363. The molecule has 2 heteroatoms. The molecule has 18 heavy (non-hydrogen) atoms. The van der Waals surface area contributed by atoms with Gasteiger partial charge in [0.05, 0.1) is 12.7 Å². The smallest absolute Gasteiger partial charge is 0.125 e. The average molecular weight is 248 g/mol. The van der Waals surface area contributed by atoms with Gasteiger partial charge in [0.25, 0.3) is 0 Å². The summed E-state index contributed by atoms with van der Waals surface area (Å²) >= 11 is 0. The molecule has 1 aromatic rings. The van der Waals surface area contributed by atoms with E-state index in [1.807, 2.05) is 24.3 Å². The topological polar surface area (TPSA) is 29.5 Å². The van der Waals surface area contributed by atoms with Gasteiger partial charge in [0, 0.05) is 5.56 Å². The first-order valence-corrected chi connectivity index (χ1v) is 7.22. The second kappa shape index (κ2) is 6.79. The highest BCUT2D eigenvalue weighted by Crippen LogP contribution is 2.37. The zero-order chi connectivity index (χ0) is 12.8. The monoisotopic (exact) mass is 248 g/mol. The van der Waals surface area contributed by atoms with Crippen LogP contribution in [0, 0.1) is 5.92 Å². The second-order valence-electron chi connectivity index (χ2n) is 5.23. The number of benzene rings is 1. The van der Waals surface area contributed by atoms with Crippen molar-refractivity contribution in [1.82, 2.24) is 0 Å². The first-order chi connectivity index (χ1) is 8.83. The Morgan fingerprint density at radius 3 is 2.67 bits per heavy atom. The van der Waals surface area contributed by atoms with E-state index in [-0.39, 0.29) is 6.10 Å². The van der Waals surface area contributed by atoms with Gasteiger partial charge in [0.15, 0.2) is 0 Å². The lowest BCUT2D eigenvalue weighted by Crippen LogP contribution is -2.16. The zero-order valence-corrected chi connectivity index (χ0v) is 11.3. The lowest BCUT2D eigenvalue weighted by Gasteiger charge is -2.27. The summed E-state index contributed by atoms with van der Waals surface area (Å²) < 4.78 is 5.74. The molecule has 1 N–H and O–H groups in total. The van der Waals surface area contributed by atoms with E-state index in [2.05, 4.69) is 6.92 Å². The van der Waals surface area contributed by atoms with Crippen molar-refractivity contribution in [3.05, 3.63) is 29.8 Å². The second-order valence-corrected chi connectivity index (χ2v) is 5.23. The lowest BCUT2D eigenvalue weighted by atomic mass is 9.82. The van der Waals surface area contributed by atoms with Crippen LogP contribution in [0.3, 0.4) is 0 Å². The van der Waals surface area contributed by atoms with Crippen LogP contribution in [-0.2, 0) is 0 Å². The molecule has 1 aliphatic carbocycles. The summed E-state index contributed by atoms with van der Waals surface area (Å²) in [5.74, 6) is 1.27. The van der Waals surface area contributed by atoms with Gasteiger partial charge in [-0.25, -0.2) is 0 Å².